The molecular formula is C9H5ClF3N3O2. The summed E-state index contributed by atoms with van der Waals surface area (Å²) in [5.74, 6) is -1.04. The predicted octanol–water partition coefficient (Wildman–Crippen LogP) is 2.20. The molecule has 2 aromatic heterocycles. The number of rotatable bonds is 1. The molecule has 0 aliphatic carbocycles. The molecule has 96 valence electrons. The van der Waals surface area contributed by atoms with Gasteiger partial charge in [0.1, 0.15) is 0 Å². The summed E-state index contributed by atoms with van der Waals surface area (Å²) in [4.78, 5) is 14.8. The van der Waals surface area contributed by atoms with E-state index in [0.717, 1.165) is 0 Å². The minimum absolute atomic E-state index is 0.0535. The van der Waals surface area contributed by atoms with E-state index in [1.54, 1.807) is 0 Å². The largest absolute Gasteiger partial charge is 0.443 e. The van der Waals surface area contributed by atoms with Crippen molar-refractivity contribution in [1.29, 1.82) is 0 Å². The summed E-state index contributed by atoms with van der Waals surface area (Å²) in [5.41, 5.74) is -1.01. The number of aryl methyl sites for hydroxylation is 1. The summed E-state index contributed by atoms with van der Waals surface area (Å²) < 4.78 is 42.4. The van der Waals surface area contributed by atoms with Gasteiger partial charge in [0.25, 0.3) is 0 Å². The van der Waals surface area contributed by atoms with Crippen molar-refractivity contribution < 1.29 is 17.6 Å². The van der Waals surface area contributed by atoms with Crippen molar-refractivity contribution in [2.75, 3.05) is 0 Å². The van der Waals surface area contributed by atoms with Gasteiger partial charge >= 0.3 is 11.9 Å². The lowest BCUT2D eigenvalue weighted by Crippen LogP contribution is -2.16. The van der Waals surface area contributed by atoms with E-state index in [2.05, 4.69) is 14.5 Å². The molecule has 0 unspecified atom stereocenters. The first kappa shape index (κ1) is 12.6. The van der Waals surface area contributed by atoms with Crippen LogP contribution in [0.5, 0.6) is 0 Å². The molecular weight excluding hydrogens is 275 g/mol. The van der Waals surface area contributed by atoms with Gasteiger partial charge in [0.2, 0.25) is 5.89 Å². The summed E-state index contributed by atoms with van der Waals surface area (Å²) in [6.45, 7) is 1.41. The van der Waals surface area contributed by atoms with Gasteiger partial charge in [0.15, 0.2) is 5.82 Å². The van der Waals surface area contributed by atoms with Gasteiger partial charge in [-0.3, -0.25) is 0 Å². The molecule has 2 aromatic rings. The molecule has 0 bridgehead atoms. The molecule has 0 saturated carbocycles. The minimum atomic E-state index is -4.56. The van der Waals surface area contributed by atoms with Crippen LogP contribution in [0.3, 0.4) is 0 Å². The molecule has 2 rings (SSSR count). The molecule has 0 aliphatic rings. The number of alkyl halides is 3. The third kappa shape index (κ3) is 2.23. The van der Waals surface area contributed by atoms with Crippen LogP contribution >= 0.6 is 11.6 Å². The molecule has 0 radical (unpaired) electrons. The van der Waals surface area contributed by atoms with Crippen molar-refractivity contribution in [1.82, 2.24) is 14.8 Å². The molecule has 0 fully saturated rings. The van der Waals surface area contributed by atoms with Crippen molar-refractivity contribution in [3.8, 4) is 5.82 Å². The molecule has 5 nitrogen and oxygen atoms in total. The van der Waals surface area contributed by atoms with Crippen molar-refractivity contribution in [3.63, 3.8) is 0 Å². The van der Waals surface area contributed by atoms with Crippen LogP contribution in [0, 0.1) is 6.92 Å². The molecule has 0 spiro atoms. The summed E-state index contributed by atoms with van der Waals surface area (Å²) >= 11 is 5.65. The van der Waals surface area contributed by atoms with Crippen molar-refractivity contribution in [3.05, 3.63) is 39.3 Å². The van der Waals surface area contributed by atoms with Gasteiger partial charge < -0.3 is 4.42 Å². The topological polar surface area (TPSA) is 60.9 Å². The highest BCUT2D eigenvalue weighted by atomic mass is 35.5. The molecule has 0 aliphatic heterocycles. The first-order chi connectivity index (χ1) is 8.29. The minimum Gasteiger partial charge on any atom is -0.392 e. The Balaban J connectivity index is 2.55. The Labute approximate surface area is 103 Å². The van der Waals surface area contributed by atoms with Crippen LogP contribution in [-0.4, -0.2) is 14.8 Å². The Bertz CT molecular complexity index is 647. The van der Waals surface area contributed by atoms with E-state index < -0.39 is 17.5 Å². The zero-order chi connectivity index (χ0) is 13.5. The smallest absolute Gasteiger partial charge is 0.392 e. The second kappa shape index (κ2) is 4.13. The molecule has 0 N–H and O–H groups in total. The zero-order valence-electron chi connectivity index (χ0n) is 8.82. The van der Waals surface area contributed by atoms with E-state index in [9.17, 15) is 18.0 Å². The maximum Gasteiger partial charge on any atom is 0.443 e. The Morgan fingerprint density at radius 2 is 2.11 bits per heavy atom. The third-order valence-corrected chi connectivity index (χ3v) is 2.28. The fourth-order valence-corrected chi connectivity index (χ4v) is 1.49. The van der Waals surface area contributed by atoms with Crippen LogP contribution < -0.4 is 5.76 Å². The zero-order valence-corrected chi connectivity index (χ0v) is 9.58. The number of pyridine rings is 1. The van der Waals surface area contributed by atoms with Gasteiger partial charge in [0, 0.05) is 13.1 Å². The number of hydrogen-bond donors (Lipinski definition) is 0. The number of halogens is 4. The quantitative estimate of drug-likeness (QED) is 0.803. The van der Waals surface area contributed by atoms with Crippen molar-refractivity contribution in [2.24, 2.45) is 0 Å². The average Bonchev–Trinajstić information content (AvgIpc) is 2.56. The van der Waals surface area contributed by atoms with Crippen LogP contribution in [0.1, 0.15) is 11.5 Å². The summed E-state index contributed by atoms with van der Waals surface area (Å²) in [5, 5.41) is 3.30. The first-order valence-corrected chi connectivity index (χ1v) is 4.96. The molecule has 0 atom stereocenters. The van der Waals surface area contributed by atoms with E-state index in [-0.39, 0.29) is 16.7 Å². The normalized spacial score (nSPS) is 11.8. The molecule has 9 heteroatoms. The maximum absolute atomic E-state index is 12.4. The Morgan fingerprint density at radius 3 is 2.56 bits per heavy atom. The van der Waals surface area contributed by atoms with Crippen LogP contribution in [0.2, 0.25) is 5.02 Å². The fourth-order valence-electron chi connectivity index (χ4n) is 1.25. The standard InChI is InChI=1S/C9H5ClF3N3O2/c1-4-15-16(8(17)18-4)7-6(10)2-5(3-14-7)9(11,12)13/h2-3H,1H3. The van der Waals surface area contributed by atoms with Crippen molar-refractivity contribution in [2.45, 2.75) is 13.1 Å². The highest BCUT2D eigenvalue weighted by Crippen LogP contribution is 2.31. The fraction of sp³-hybridized carbons (Fsp3) is 0.222. The van der Waals surface area contributed by atoms with E-state index in [4.69, 9.17) is 11.6 Å². The van der Waals surface area contributed by atoms with Crippen LogP contribution in [-0.2, 0) is 6.18 Å². The highest BCUT2D eigenvalue weighted by Gasteiger charge is 2.32. The summed E-state index contributed by atoms with van der Waals surface area (Å²) in [6.07, 6.45) is -3.99. The van der Waals surface area contributed by atoms with E-state index in [1.807, 2.05) is 0 Å². The van der Waals surface area contributed by atoms with Crippen LogP contribution in [0.4, 0.5) is 13.2 Å². The Morgan fingerprint density at radius 1 is 1.44 bits per heavy atom. The highest BCUT2D eigenvalue weighted by molar-refractivity contribution is 6.32. The predicted molar refractivity (Wildman–Crippen MR) is 54.6 cm³/mol. The van der Waals surface area contributed by atoms with Crippen LogP contribution in [0.25, 0.3) is 5.82 Å². The molecule has 0 saturated heterocycles. The SMILES string of the molecule is Cc1nn(-c2ncc(C(F)(F)F)cc2Cl)c(=O)o1. The Kier molecular flexibility index (Phi) is 2.89. The summed E-state index contributed by atoms with van der Waals surface area (Å²) in [7, 11) is 0. The Hall–Kier alpha value is -1.83. The van der Waals surface area contributed by atoms with E-state index in [0.29, 0.717) is 16.9 Å². The van der Waals surface area contributed by atoms with E-state index in [1.165, 1.54) is 6.92 Å². The van der Waals surface area contributed by atoms with E-state index >= 15 is 0 Å². The van der Waals surface area contributed by atoms with Crippen LogP contribution in [0.15, 0.2) is 21.5 Å². The lowest BCUT2D eigenvalue weighted by Gasteiger charge is -2.07. The third-order valence-electron chi connectivity index (χ3n) is 2.00. The second-order valence-corrected chi connectivity index (χ2v) is 3.73. The van der Waals surface area contributed by atoms with Crippen molar-refractivity contribution >= 4 is 11.6 Å². The number of aromatic nitrogens is 3. The average molecular weight is 280 g/mol. The lowest BCUT2D eigenvalue weighted by molar-refractivity contribution is -0.137. The molecule has 0 amide bonds. The van der Waals surface area contributed by atoms with Gasteiger partial charge in [-0.2, -0.15) is 13.2 Å². The number of nitrogens with zero attached hydrogens (tertiary/aromatic N) is 3. The van der Waals surface area contributed by atoms with Gasteiger partial charge in [0.05, 0.1) is 10.6 Å². The first-order valence-electron chi connectivity index (χ1n) is 4.59. The number of hydrogen-bond acceptors (Lipinski definition) is 4. The molecule has 0 aromatic carbocycles. The maximum atomic E-state index is 12.4. The monoisotopic (exact) mass is 279 g/mol. The molecule has 2 heterocycles. The van der Waals surface area contributed by atoms with Gasteiger partial charge in [-0.05, 0) is 6.07 Å². The summed E-state index contributed by atoms with van der Waals surface area (Å²) in [6, 6.07) is 0.667. The van der Waals surface area contributed by atoms with Gasteiger partial charge in [-0.25, -0.2) is 9.78 Å². The lowest BCUT2D eigenvalue weighted by atomic mass is 10.3. The van der Waals surface area contributed by atoms with Gasteiger partial charge in [-0.15, -0.1) is 9.78 Å². The molecule has 18 heavy (non-hydrogen) atoms. The van der Waals surface area contributed by atoms with Gasteiger partial charge in [-0.1, -0.05) is 11.6 Å². The second-order valence-electron chi connectivity index (χ2n) is 3.33.